The van der Waals surface area contributed by atoms with Crippen molar-refractivity contribution >= 4 is 85.4 Å². The first-order chi connectivity index (χ1) is 15.3. The highest BCUT2D eigenvalue weighted by Crippen LogP contribution is 2.46. The molecule has 0 atom stereocenters. The van der Waals surface area contributed by atoms with E-state index >= 15 is 0 Å². The summed E-state index contributed by atoms with van der Waals surface area (Å²) in [7, 11) is 0. The van der Waals surface area contributed by atoms with Gasteiger partial charge < -0.3 is 0 Å². The molecule has 0 bridgehead atoms. The second kappa shape index (κ2) is 6.54. The molecule has 2 heterocycles. The fourth-order valence-electron chi connectivity index (χ4n) is 4.69. The van der Waals surface area contributed by atoms with Crippen molar-refractivity contribution in [1.82, 2.24) is 0 Å². The summed E-state index contributed by atoms with van der Waals surface area (Å²) in [4.78, 5) is 0. The standard InChI is InChI=1S/C28H15ClS2/c29-23-13-12-19(17-10-14-25-22(15-17)20-7-3-4-8-24(20)30-25)28-26(23)21-11-9-16-5-1-2-6-18(16)27(21)31-28/h1-15H. The van der Waals surface area contributed by atoms with Gasteiger partial charge in [0.05, 0.1) is 0 Å². The van der Waals surface area contributed by atoms with E-state index in [0.29, 0.717) is 0 Å². The monoisotopic (exact) mass is 450 g/mol. The molecule has 0 aliphatic carbocycles. The Morgan fingerprint density at radius 1 is 0.548 bits per heavy atom. The Hall–Kier alpha value is -2.91. The maximum absolute atomic E-state index is 6.75. The maximum Gasteiger partial charge on any atom is 0.0499 e. The first-order valence-electron chi connectivity index (χ1n) is 10.2. The molecule has 3 heteroatoms. The Morgan fingerprint density at radius 2 is 1.35 bits per heavy atom. The fraction of sp³-hybridized carbons (Fsp3) is 0. The molecule has 31 heavy (non-hydrogen) atoms. The van der Waals surface area contributed by atoms with E-state index in [1.165, 1.54) is 62.2 Å². The van der Waals surface area contributed by atoms with Gasteiger partial charge in [0.15, 0.2) is 0 Å². The topological polar surface area (TPSA) is 0 Å². The van der Waals surface area contributed by atoms with Crippen molar-refractivity contribution in [3.8, 4) is 11.1 Å². The van der Waals surface area contributed by atoms with Crippen LogP contribution in [-0.2, 0) is 0 Å². The van der Waals surface area contributed by atoms with Crippen molar-refractivity contribution in [2.24, 2.45) is 0 Å². The van der Waals surface area contributed by atoms with Crippen molar-refractivity contribution in [3.63, 3.8) is 0 Å². The summed E-state index contributed by atoms with van der Waals surface area (Å²) < 4.78 is 5.24. The predicted octanol–water partition coefficient (Wildman–Crippen LogP) is 9.90. The first-order valence-corrected chi connectivity index (χ1v) is 12.2. The number of halogens is 1. The molecule has 0 amide bonds. The van der Waals surface area contributed by atoms with Gasteiger partial charge in [-0.1, -0.05) is 78.3 Å². The van der Waals surface area contributed by atoms with E-state index in [9.17, 15) is 0 Å². The highest BCUT2D eigenvalue weighted by Gasteiger charge is 2.16. The zero-order valence-corrected chi connectivity index (χ0v) is 18.7. The molecule has 0 aliphatic rings. The number of rotatable bonds is 1. The van der Waals surface area contributed by atoms with Crippen molar-refractivity contribution in [2.45, 2.75) is 0 Å². The van der Waals surface area contributed by atoms with Crippen molar-refractivity contribution in [1.29, 1.82) is 0 Å². The average molecular weight is 451 g/mol. The average Bonchev–Trinajstić information content (AvgIpc) is 3.38. The number of benzene rings is 5. The van der Waals surface area contributed by atoms with E-state index in [-0.39, 0.29) is 0 Å². The van der Waals surface area contributed by atoms with Crippen LogP contribution in [0.3, 0.4) is 0 Å². The van der Waals surface area contributed by atoms with Crippen LogP contribution < -0.4 is 0 Å². The molecule has 0 unspecified atom stereocenters. The molecular formula is C28H15ClS2. The lowest BCUT2D eigenvalue weighted by atomic mass is 10.00. The van der Waals surface area contributed by atoms with Crippen LogP contribution in [0, 0.1) is 0 Å². The summed E-state index contributed by atoms with van der Waals surface area (Å²) in [6.07, 6.45) is 0. The van der Waals surface area contributed by atoms with Crippen LogP contribution in [0.25, 0.3) is 62.2 Å². The maximum atomic E-state index is 6.75. The highest BCUT2D eigenvalue weighted by atomic mass is 35.5. The van der Waals surface area contributed by atoms with Crippen LogP contribution in [0.15, 0.2) is 91.0 Å². The van der Waals surface area contributed by atoms with Crippen LogP contribution in [0.2, 0.25) is 5.02 Å². The minimum absolute atomic E-state index is 0.822. The van der Waals surface area contributed by atoms with E-state index in [0.717, 1.165) is 5.02 Å². The van der Waals surface area contributed by atoms with Gasteiger partial charge in [-0.3, -0.25) is 0 Å². The molecule has 7 aromatic rings. The molecule has 0 fully saturated rings. The fourth-order valence-corrected chi connectivity index (χ4v) is 7.49. The minimum Gasteiger partial charge on any atom is -0.135 e. The molecule has 0 saturated carbocycles. The Morgan fingerprint density at radius 3 is 2.29 bits per heavy atom. The molecule has 146 valence electrons. The van der Waals surface area contributed by atoms with Gasteiger partial charge in [-0.2, -0.15) is 0 Å². The van der Waals surface area contributed by atoms with E-state index in [2.05, 4.69) is 91.0 Å². The van der Waals surface area contributed by atoms with Crippen LogP contribution in [0.1, 0.15) is 0 Å². The summed E-state index contributed by atoms with van der Waals surface area (Å²) in [6.45, 7) is 0. The number of hydrogen-bond acceptors (Lipinski definition) is 2. The zero-order valence-electron chi connectivity index (χ0n) is 16.4. The highest BCUT2D eigenvalue weighted by molar-refractivity contribution is 7.27. The van der Waals surface area contributed by atoms with Gasteiger partial charge in [-0.05, 0) is 46.2 Å². The van der Waals surface area contributed by atoms with Gasteiger partial charge in [0.2, 0.25) is 0 Å². The molecule has 0 saturated heterocycles. The summed E-state index contributed by atoms with van der Waals surface area (Å²) >= 11 is 10.5. The lowest BCUT2D eigenvalue weighted by Gasteiger charge is -2.06. The first kappa shape index (κ1) is 17.7. The molecule has 2 aromatic heterocycles. The molecule has 0 nitrogen and oxygen atoms in total. The second-order valence-corrected chi connectivity index (χ2v) is 10.4. The largest absolute Gasteiger partial charge is 0.135 e. The van der Waals surface area contributed by atoms with Crippen molar-refractivity contribution < 1.29 is 0 Å². The summed E-state index contributed by atoms with van der Waals surface area (Å²) in [5.41, 5.74) is 2.50. The Labute approximate surface area is 191 Å². The summed E-state index contributed by atoms with van der Waals surface area (Å²) in [5.74, 6) is 0. The Kier molecular flexibility index (Phi) is 3.74. The van der Waals surface area contributed by atoms with Crippen LogP contribution >= 0.6 is 34.3 Å². The minimum atomic E-state index is 0.822. The quantitative estimate of drug-likeness (QED) is 0.233. The van der Waals surface area contributed by atoms with Gasteiger partial charge in [0, 0.05) is 45.4 Å². The van der Waals surface area contributed by atoms with Gasteiger partial charge in [-0.15, -0.1) is 22.7 Å². The SMILES string of the molecule is Clc1ccc(-c2ccc3sc4ccccc4c3c2)c2sc3c4ccccc4ccc3c12. The normalized spacial score (nSPS) is 12.0. The Balaban J connectivity index is 1.58. The number of hydrogen-bond donors (Lipinski definition) is 0. The van der Waals surface area contributed by atoms with Gasteiger partial charge in [-0.25, -0.2) is 0 Å². The lowest BCUT2D eigenvalue weighted by molar-refractivity contribution is 1.74. The van der Waals surface area contributed by atoms with Gasteiger partial charge >= 0.3 is 0 Å². The van der Waals surface area contributed by atoms with Crippen LogP contribution in [0.5, 0.6) is 0 Å². The summed E-state index contributed by atoms with van der Waals surface area (Å²) in [5, 5.41) is 8.45. The lowest BCUT2D eigenvalue weighted by Crippen LogP contribution is -1.79. The number of thiophene rings is 2. The smallest absolute Gasteiger partial charge is 0.0499 e. The third kappa shape index (κ3) is 2.53. The third-order valence-corrected chi connectivity index (χ3v) is 8.89. The Bertz CT molecular complexity index is 1800. The van der Waals surface area contributed by atoms with Crippen molar-refractivity contribution in [2.75, 3.05) is 0 Å². The molecule has 0 N–H and O–H groups in total. The molecule has 7 rings (SSSR count). The predicted molar refractivity (Wildman–Crippen MR) is 140 cm³/mol. The number of fused-ring (bicyclic) bond motifs is 8. The van der Waals surface area contributed by atoms with E-state index in [4.69, 9.17) is 11.6 Å². The molecule has 5 aromatic carbocycles. The van der Waals surface area contributed by atoms with Gasteiger partial charge in [0.25, 0.3) is 0 Å². The summed E-state index contributed by atoms with van der Waals surface area (Å²) in [6, 6.07) is 32.8. The van der Waals surface area contributed by atoms with E-state index in [1.807, 2.05) is 22.7 Å². The van der Waals surface area contributed by atoms with Crippen molar-refractivity contribution in [3.05, 3.63) is 96.0 Å². The molecule has 0 radical (unpaired) electrons. The third-order valence-electron chi connectivity index (χ3n) is 6.15. The molecular weight excluding hydrogens is 436 g/mol. The molecule has 0 aliphatic heterocycles. The molecule has 0 spiro atoms. The van der Waals surface area contributed by atoms with Crippen LogP contribution in [0.4, 0.5) is 0 Å². The second-order valence-electron chi connectivity index (χ2n) is 7.87. The van der Waals surface area contributed by atoms with Crippen LogP contribution in [-0.4, -0.2) is 0 Å². The van der Waals surface area contributed by atoms with E-state index < -0.39 is 0 Å². The zero-order chi connectivity index (χ0) is 20.5. The van der Waals surface area contributed by atoms with E-state index in [1.54, 1.807) is 0 Å². The van der Waals surface area contributed by atoms with Gasteiger partial charge in [0.1, 0.15) is 0 Å².